The second-order valence-corrected chi connectivity index (χ2v) is 6.35. The average molecular weight is 436 g/mol. The van der Waals surface area contributed by atoms with Gasteiger partial charge in [0.25, 0.3) is 5.91 Å². The van der Waals surface area contributed by atoms with E-state index in [0.717, 1.165) is 6.07 Å². The molecule has 0 saturated carbocycles. The molecule has 2 aromatic rings. The first kappa shape index (κ1) is 24.1. The fourth-order valence-corrected chi connectivity index (χ4v) is 3.08. The number of hydrogen-bond donors (Lipinski definition) is 1. The van der Waals surface area contributed by atoms with Crippen molar-refractivity contribution in [1.29, 1.82) is 0 Å². The van der Waals surface area contributed by atoms with E-state index in [-0.39, 0.29) is 30.7 Å². The van der Waals surface area contributed by atoms with Gasteiger partial charge in [-0.3, -0.25) is 9.69 Å². The Morgan fingerprint density at radius 1 is 0.964 bits per heavy atom. The van der Waals surface area contributed by atoms with Gasteiger partial charge in [0.1, 0.15) is 0 Å². The van der Waals surface area contributed by atoms with E-state index in [2.05, 4.69) is 0 Å². The van der Waals surface area contributed by atoms with E-state index >= 15 is 0 Å². The number of amides is 1. The molecule has 0 atom stereocenters. The third-order valence-electron chi connectivity index (χ3n) is 4.51. The molecule has 1 heterocycles. The molecule has 1 aliphatic heterocycles. The van der Waals surface area contributed by atoms with Gasteiger partial charge in [0, 0.05) is 38.4 Å². The number of benzene rings is 2. The van der Waals surface area contributed by atoms with Gasteiger partial charge in [0.15, 0.2) is 0 Å². The van der Waals surface area contributed by atoms with Crippen LogP contribution in [0.2, 0.25) is 0 Å². The van der Waals surface area contributed by atoms with Gasteiger partial charge in [-0.25, -0.2) is 0 Å². The van der Waals surface area contributed by atoms with Crippen LogP contribution in [0.25, 0.3) is 0 Å². The number of hydrogen-bond acceptors (Lipinski definition) is 3. The number of alkyl halides is 3. The quantitative estimate of drug-likeness (QED) is 0.738. The van der Waals surface area contributed by atoms with Gasteiger partial charge in [-0.15, -0.1) is 24.8 Å². The highest BCUT2D eigenvalue weighted by atomic mass is 35.5. The summed E-state index contributed by atoms with van der Waals surface area (Å²) in [7, 11) is 0. The van der Waals surface area contributed by atoms with Crippen LogP contribution in [0.3, 0.4) is 0 Å². The summed E-state index contributed by atoms with van der Waals surface area (Å²) in [5.41, 5.74) is 6.77. The second kappa shape index (κ2) is 10.0. The van der Waals surface area contributed by atoms with E-state index in [0.29, 0.717) is 49.5 Å². The molecule has 1 aliphatic rings. The molecule has 154 valence electrons. The van der Waals surface area contributed by atoms with Crippen molar-refractivity contribution in [2.45, 2.75) is 12.7 Å². The first-order chi connectivity index (χ1) is 12.3. The molecule has 0 bridgehead atoms. The molecular formula is C19H22Cl2F3N3O. The van der Waals surface area contributed by atoms with Crippen molar-refractivity contribution in [2.75, 3.05) is 31.9 Å². The van der Waals surface area contributed by atoms with Crippen LogP contribution in [0.15, 0.2) is 48.5 Å². The molecule has 2 aromatic carbocycles. The van der Waals surface area contributed by atoms with Crippen molar-refractivity contribution in [3.8, 4) is 0 Å². The number of para-hydroxylation sites is 1. The normalized spacial score (nSPS) is 14.8. The van der Waals surface area contributed by atoms with E-state index in [1.165, 1.54) is 12.1 Å². The van der Waals surface area contributed by atoms with Crippen LogP contribution in [0.1, 0.15) is 21.5 Å². The Bertz CT molecular complexity index is 794. The van der Waals surface area contributed by atoms with Crippen LogP contribution >= 0.6 is 24.8 Å². The van der Waals surface area contributed by atoms with Crippen LogP contribution in [-0.4, -0.2) is 41.9 Å². The van der Waals surface area contributed by atoms with Gasteiger partial charge < -0.3 is 10.6 Å². The van der Waals surface area contributed by atoms with Gasteiger partial charge in [0.2, 0.25) is 0 Å². The number of nitrogen functional groups attached to an aromatic ring is 1. The molecule has 0 aliphatic carbocycles. The number of anilines is 1. The molecule has 28 heavy (non-hydrogen) atoms. The maximum atomic E-state index is 12.8. The van der Waals surface area contributed by atoms with Crippen LogP contribution < -0.4 is 5.73 Å². The maximum Gasteiger partial charge on any atom is 0.416 e. The molecule has 0 spiro atoms. The van der Waals surface area contributed by atoms with Gasteiger partial charge in [0.05, 0.1) is 11.1 Å². The van der Waals surface area contributed by atoms with Gasteiger partial charge in [-0.1, -0.05) is 30.3 Å². The number of piperazine rings is 1. The molecule has 0 aromatic heterocycles. The average Bonchev–Trinajstić information content (AvgIpc) is 2.62. The smallest absolute Gasteiger partial charge is 0.398 e. The van der Waals surface area contributed by atoms with E-state index in [1.54, 1.807) is 35.2 Å². The minimum Gasteiger partial charge on any atom is -0.398 e. The predicted octanol–water partition coefficient (Wildman–Crippen LogP) is 4.09. The van der Waals surface area contributed by atoms with Crippen LogP contribution in [-0.2, 0) is 12.7 Å². The lowest BCUT2D eigenvalue weighted by molar-refractivity contribution is -0.137. The summed E-state index contributed by atoms with van der Waals surface area (Å²) in [4.78, 5) is 16.3. The molecule has 1 saturated heterocycles. The topological polar surface area (TPSA) is 49.6 Å². The van der Waals surface area contributed by atoms with Crippen molar-refractivity contribution < 1.29 is 18.0 Å². The summed E-state index contributed by atoms with van der Waals surface area (Å²) in [5, 5.41) is 0. The van der Waals surface area contributed by atoms with Crippen molar-refractivity contribution >= 4 is 36.4 Å². The zero-order valence-electron chi connectivity index (χ0n) is 15.0. The third-order valence-corrected chi connectivity index (χ3v) is 4.51. The van der Waals surface area contributed by atoms with Gasteiger partial charge >= 0.3 is 6.18 Å². The van der Waals surface area contributed by atoms with Crippen molar-refractivity contribution in [2.24, 2.45) is 0 Å². The Labute approximate surface area is 174 Å². The predicted molar refractivity (Wildman–Crippen MR) is 108 cm³/mol. The molecule has 3 rings (SSSR count). The fraction of sp³-hybridized carbons (Fsp3) is 0.316. The van der Waals surface area contributed by atoms with Gasteiger partial charge in [-0.05, 0) is 23.8 Å². The van der Waals surface area contributed by atoms with Crippen LogP contribution in [0.5, 0.6) is 0 Å². The molecule has 2 N–H and O–H groups in total. The number of nitrogens with two attached hydrogens (primary N) is 1. The minimum absolute atomic E-state index is 0. The van der Waals surface area contributed by atoms with E-state index in [1.807, 2.05) is 4.90 Å². The first-order valence-electron chi connectivity index (χ1n) is 8.37. The summed E-state index contributed by atoms with van der Waals surface area (Å²) < 4.78 is 38.4. The fourth-order valence-electron chi connectivity index (χ4n) is 3.08. The standard InChI is InChI=1S/C19H20F3N3O.2ClH/c20-19(21,22)15-5-3-4-14(12-15)13-24-8-10-25(11-9-24)18(26)16-6-1-2-7-17(16)23;;/h1-7,12H,8-11,13,23H2;2*1H. The summed E-state index contributed by atoms with van der Waals surface area (Å²) in [6.45, 7) is 2.68. The Balaban J connectivity index is 0.00000196. The number of halogens is 5. The largest absolute Gasteiger partial charge is 0.416 e. The molecule has 4 nitrogen and oxygen atoms in total. The Morgan fingerprint density at radius 3 is 2.21 bits per heavy atom. The minimum atomic E-state index is -4.34. The highest BCUT2D eigenvalue weighted by Crippen LogP contribution is 2.29. The van der Waals surface area contributed by atoms with Gasteiger partial charge in [-0.2, -0.15) is 13.2 Å². The third kappa shape index (κ3) is 5.77. The molecule has 9 heteroatoms. The number of rotatable bonds is 3. The number of carbonyl (C=O) groups is 1. The molecule has 0 radical (unpaired) electrons. The van der Waals surface area contributed by atoms with E-state index in [9.17, 15) is 18.0 Å². The van der Waals surface area contributed by atoms with Crippen molar-refractivity contribution in [3.63, 3.8) is 0 Å². The second-order valence-electron chi connectivity index (χ2n) is 6.35. The summed E-state index contributed by atoms with van der Waals surface area (Å²) >= 11 is 0. The maximum absolute atomic E-state index is 12.8. The van der Waals surface area contributed by atoms with E-state index in [4.69, 9.17) is 5.73 Å². The van der Waals surface area contributed by atoms with Crippen LogP contribution in [0, 0.1) is 0 Å². The SMILES string of the molecule is Cl.Cl.Nc1ccccc1C(=O)N1CCN(Cc2cccc(C(F)(F)F)c2)CC1. The van der Waals surface area contributed by atoms with Crippen molar-refractivity contribution in [1.82, 2.24) is 9.80 Å². The summed E-state index contributed by atoms with van der Waals surface area (Å²) in [5.74, 6) is -0.109. The molecule has 0 unspecified atom stereocenters. The molecule has 1 fully saturated rings. The Kier molecular flexibility index (Phi) is 8.60. The zero-order chi connectivity index (χ0) is 18.7. The van der Waals surface area contributed by atoms with E-state index < -0.39 is 11.7 Å². The molecular weight excluding hydrogens is 414 g/mol. The highest BCUT2D eigenvalue weighted by molar-refractivity contribution is 5.99. The lowest BCUT2D eigenvalue weighted by atomic mass is 10.1. The summed E-state index contributed by atoms with van der Waals surface area (Å²) in [6, 6.07) is 12.3. The van der Waals surface area contributed by atoms with Crippen LogP contribution in [0.4, 0.5) is 18.9 Å². The number of nitrogens with zero attached hydrogens (tertiary/aromatic N) is 2. The lowest BCUT2D eigenvalue weighted by Gasteiger charge is -2.35. The highest BCUT2D eigenvalue weighted by Gasteiger charge is 2.30. The number of carbonyl (C=O) groups excluding carboxylic acids is 1. The first-order valence-corrected chi connectivity index (χ1v) is 8.37. The monoisotopic (exact) mass is 435 g/mol. The zero-order valence-corrected chi connectivity index (χ0v) is 16.6. The molecule has 1 amide bonds. The van der Waals surface area contributed by atoms with Crippen molar-refractivity contribution in [3.05, 3.63) is 65.2 Å². The summed E-state index contributed by atoms with van der Waals surface area (Å²) in [6.07, 6.45) is -4.34. The lowest BCUT2D eigenvalue weighted by Crippen LogP contribution is -2.48. The Hall–Kier alpha value is -1.96. The Morgan fingerprint density at radius 2 is 1.61 bits per heavy atom.